The molecule has 1 saturated heterocycles. The van der Waals surface area contributed by atoms with E-state index in [1.165, 1.54) is 23.1 Å². The number of likely N-dealkylation sites (tertiary alicyclic amines) is 1. The van der Waals surface area contributed by atoms with E-state index >= 15 is 4.39 Å². The average molecular weight is 672 g/mol. The number of fused-ring (bicyclic) bond motifs is 2. The van der Waals surface area contributed by atoms with Gasteiger partial charge < -0.3 is 18.9 Å². The fourth-order valence-corrected chi connectivity index (χ4v) is 6.18. The van der Waals surface area contributed by atoms with Gasteiger partial charge in [-0.2, -0.15) is 5.10 Å². The Hall–Kier alpha value is -4.01. The van der Waals surface area contributed by atoms with Gasteiger partial charge in [-0.25, -0.2) is 23.1 Å². The zero-order valence-corrected chi connectivity index (χ0v) is 27.6. The largest absolute Gasteiger partial charge is 0.453 e. The molecular formula is C31H33ClF3N7O3Si. The van der Waals surface area contributed by atoms with E-state index in [4.69, 9.17) is 21.1 Å². The topological polar surface area (TPSA) is 100 Å². The third-order valence-corrected chi connectivity index (χ3v) is 9.87. The third-order valence-electron chi connectivity index (χ3n) is 7.81. The highest BCUT2D eigenvalue weighted by atomic mass is 35.5. The fraction of sp³-hybridized carbons (Fsp3) is 0.387. The predicted octanol–water partition coefficient (Wildman–Crippen LogP) is 6.92. The van der Waals surface area contributed by atoms with Crippen LogP contribution in [0, 0.1) is 12.7 Å². The summed E-state index contributed by atoms with van der Waals surface area (Å²) < 4.78 is 57.9. The van der Waals surface area contributed by atoms with E-state index in [9.17, 15) is 13.6 Å². The summed E-state index contributed by atoms with van der Waals surface area (Å²) in [5.74, 6) is -3.15. The summed E-state index contributed by atoms with van der Waals surface area (Å²) in [5.41, 5.74) is 2.52. The average Bonchev–Trinajstić information content (AvgIpc) is 3.70. The summed E-state index contributed by atoms with van der Waals surface area (Å²) in [6.07, 6.45) is 4.27. The highest BCUT2D eigenvalue weighted by Gasteiger charge is 2.40. The van der Waals surface area contributed by atoms with Crippen LogP contribution in [0.2, 0.25) is 30.7 Å². The standard InChI is InChI=1S/C31H33ClF3N7O3Si/c1-19-38-22-6-8-25(28(33)30(22)42(19)18-44-11-12-46(2,3)4)45-24-7-5-21-29(27(24)32)39-23(14-36-21)20-13-37-41(15-20)16-26(43)40-10-9-31(34,35)17-40/h5-8,13-15H,9-12,16-18H2,1-4H3. The monoisotopic (exact) mass is 671 g/mol. The summed E-state index contributed by atoms with van der Waals surface area (Å²) in [6.45, 7) is 8.59. The molecule has 10 nitrogen and oxygen atoms in total. The number of aryl methyl sites for hydroxylation is 1. The minimum absolute atomic E-state index is 0.00722. The van der Waals surface area contributed by atoms with Crippen molar-refractivity contribution < 1.29 is 27.4 Å². The van der Waals surface area contributed by atoms with Crippen molar-refractivity contribution in [3.8, 4) is 22.8 Å². The first-order valence-electron chi connectivity index (χ1n) is 14.8. The highest BCUT2D eigenvalue weighted by molar-refractivity contribution is 6.76. The molecule has 0 bridgehead atoms. The Morgan fingerprint density at radius 3 is 2.59 bits per heavy atom. The summed E-state index contributed by atoms with van der Waals surface area (Å²) in [6, 6.07) is 7.44. The Kier molecular flexibility index (Phi) is 8.54. The molecule has 0 aliphatic carbocycles. The third kappa shape index (κ3) is 6.74. The smallest absolute Gasteiger partial charge is 0.267 e. The number of rotatable bonds is 10. The van der Waals surface area contributed by atoms with E-state index in [2.05, 4.69) is 39.7 Å². The van der Waals surface area contributed by atoms with E-state index < -0.39 is 32.3 Å². The zero-order valence-electron chi connectivity index (χ0n) is 25.9. The van der Waals surface area contributed by atoms with Gasteiger partial charge in [0.15, 0.2) is 11.6 Å². The van der Waals surface area contributed by atoms with Crippen molar-refractivity contribution in [2.75, 3.05) is 19.7 Å². The predicted molar refractivity (Wildman–Crippen MR) is 171 cm³/mol. The van der Waals surface area contributed by atoms with Gasteiger partial charge in [0.1, 0.15) is 40.9 Å². The summed E-state index contributed by atoms with van der Waals surface area (Å²) >= 11 is 6.73. The van der Waals surface area contributed by atoms with E-state index in [-0.39, 0.29) is 48.3 Å². The van der Waals surface area contributed by atoms with Crippen LogP contribution < -0.4 is 4.74 Å². The first kappa shape index (κ1) is 31.9. The molecule has 0 unspecified atom stereocenters. The maximum absolute atomic E-state index is 15.9. The van der Waals surface area contributed by atoms with Crippen molar-refractivity contribution in [2.24, 2.45) is 0 Å². The summed E-state index contributed by atoms with van der Waals surface area (Å²) in [5, 5.41) is 4.32. The number of hydrogen-bond acceptors (Lipinski definition) is 7. The van der Waals surface area contributed by atoms with Crippen LogP contribution in [0.3, 0.4) is 0 Å². The fourth-order valence-electron chi connectivity index (χ4n) is 5.18. The minimum Gasteiger partial charge on any atom is -0.453 e. The number of aromatic nitrogens is 6. The molecule has 15 heteroatoms. The Morgan fingerprint density at radius 2 is 1.85 bits per heavy atom. The molecule has 0 saturated carbocycles. The number of nitrogens with zero attached hydrogens (tertiary/aromatic N) is 7. The molecule has 3 aromatic heterocycles. The van der Waals surface area contributed by atoms with Crippen molar-refractivity contribution in [3.05, 3.63) is 59.5 Å². The molecule has 1 fully saturated rings. The lowest BCUT2D eigenvalue weighted by Gasteiger charge is -2.16. The highest BCUT2D eigenvalue weighted by Crippen LogP contribution is 2.37. The molecule has 1 amide bonds. The van der Waals surface area contributed by atoms with Gasteiger partial charge in [0.25, 0.3) is 5.92 Å². The van der Waals surface area contributed by atoms with Crippen molar-refractivity contribution in [1.82, 2.24) is 34.2 Å². The number of imidazole rings is 1. The lowest BCUT2D eigenvalue weighted by molar-refractivity contribution is -0.132. The molecule has 242 valence electrons. The molecule has 1 aliphatic rings. The molecule has 0 spiro atoms. The second-order valence-corrected chi connectivity index (χ2v) is 18.6. The number of carbonyl (C=O) groups is 1. The van der Waals surface area contributed by atoms with E-state index in [1.54, 1.807) is 35.9 Å². The van der Waals surface area contributed by atoms with Crippen molar-refractivity contribution in [1.29, 1.82) is 0 Å². The van der Waals surface area contributed by atoms with Crippen molar-refractivity contribution >= 4 is 47.6 Å². The number of carbonyl (C=O) groups excluding carboxylic acids is 1. The van der Waals surface area contributed by atoms with E-state index in [0.717, 1.165) is 10.9 Å². The molecule has 5 aromatic rings. The van der Waals surface area contributed by atoms with Gasteiger partial charge in [0.2, 0.25) is 5.91 Å². The number of amides is 1. The Morgan fingerprint density at radius 1 is 1.09 bits per heavy atom. The van der Waals surface area contributed by atoms with Gasteiger partial charge in [0, 0.05) is 39.4 Å². The van der Waals surface area contributed by atoms with Gasteiger partial charge in [0.05, 0.1) is 35.7 Å². The van der Waals surface area contributed by atoms with Crippen LogP contribution in [0.1, 0.15) is 12.2 Å². The second-order valence-electron chi connectivity index (χ2n) is 12.6. The molecular weight excluding hydrogens is 639 g/mol. The molecule has 1 aliphatic heterocycles. The number of alkyl halides is 2. The summed E-state index contributed by atoms with van der Waals surface area (Å²) in [7, 11) is -1.28. The van der Waals surface area contributed by atoms with Gasteiger partial charge in [-0.05, 0) is 37.2 Å². The molecule has 0 N–H and O–H groups in total. The minimum atomic E-state index is -2.87. The van der Waals surface area contributed by atoms with Crippen molar-refractivity contribution in [2.45, 2.75) is 58.2 Å². The summed E-state index contributed by atoms with van der Waals surface area (Å²) in [4.78, 5) is 27.2. The van der Waals surface area contributed by atoms with Crippen LogP contribution in [0.4, 0.5) is 13.2 Å². The first-order chi connectivity index (χ1) is 21.8. The number of ether oxygens (including phenoxy) is 2. The second kappa shape index (κ2) is 12.3. The normalized spacial score (nSPS) is 14.9. The lowest BCUT2D eigenvalue weighted by atomic mass is 10.2. The molecule has 2 aromatic carbocycles. The van der Waals surface area contributed by atoms with Crippen LogP contribution in [-0.2, 0) is 22.8 Å². The molecule has 4 heterocycles. The van der Waals surface area contributed by atoms with Crippen LogP contribution in [0.5, 0.6) is 11.5 Å². The van der Waals surface area contributed by atoms with Crippen LogP contribution >= 0.6 is 11.6 Å². The maximum atomic E-state index is 15.9. The Balaban J connectivity index is 1.22. The maximum Gasteiger partial charge on any atom is 0.267 e. The zero-order chi connectivity index (χ0) is 32.8. The van der Waals surface area contributed by atoms with Gasteiger partial charge in [-0.1, -0.05) is 31.2 Å². The van der Waals surface area contributed by atoms with Gasteiger partial charge >= 0.3 is 0 Å². The number of halogens is 4. The first-order valence-corrected chi connectivity index (χ1v) is 18.9. The SMILES string of the molecule is Cc1nc2ccc(Oc3ccc4ncc(-c5cnn(CC(=O)N6CCC(F)(F)C6)c5)nc4c3Cl)c(F)c2n1COCC[Si](C)(C)C. The van der Waals surface area contributed by atoms with E-state index in [1.807, 2.05) is 0 Å². The molecule has 0 radical (unpaired) electrons. The number of benzene rings is 2. The molecule has 6 rings (SSSR count). The Labute approximate surface area is 269 Å². The molecule has 0 atom stereocenters. The van der Waals surface area contributed by atoms with E-state index in [0.29, 0.717) is 40.2 Å². The van der Waals surface area contributed by atoms with Gasteiger partial charge in [-0.3, -0.25) is 14.5 Å². The quantitative estimate of drug-likeness (QED) is 0.117. The molecule has 46 heavy (non-hydrogen) atoms. The van der Waals surface area contributed by atoms with Gasteiger partial charge in [-0.15, -0.1) is 0 Å². The Bertz CT molecular complexity index is 1940. The van der Waals surface area contributed by atoms with Crippen LogP contribution in [0.25, 0.3) is 33.3 Å². The lowest BCUT2D eigenvalue weighted by Crippen LogP contribution is -2.34. The number of hydrogen-bond donors (Lipinski definition) is 0. The van der Waals surface area contributed by atoms with Crippen LogP contribution in [0.15, 0.2) is 42.9 Å². The van der Waals surface area contributed by atoms with Crippen LogP contribution in [-0.4, -0.2) is 73.8 Å². The van der Waals surface area contributed by atoms with Crippen molar-refractivity contribution in [3.63, 3.8) is 0 Å².